The van der Waals surface area contributed by atoms with Gasteiger partial charge in [0.1, 0.15) is 6.61 Å². The second-order valence-electron chi connectivity index (χ2n) is 7.13. The van der Waals surface area contributed by atoms with Crippen LogP contribution < -0.4 is 0 Å². The van der Waals surface area contributed by atoms with E-state index in [4.69, 9.17) is 39.5 Å². The molecule has 0 unspecified atom stereocenters. The third kappa shape index (κ3) is 8.55. The number of esters is 1. The number of hydrogen-bond acceptors (Lipinski definition) is 4. The molecule has 1 aliphatic carbocycles. The summed E-state index contributed by atoms with van der Waals surface area (Å²) >= 11 is 20.3. The van der Waals surface area contributed by atoms with Crippen LogP contribution in [-0.4, -0.2) is 34.9 Å². The molecular weight excluding hydrogens is 451 g/mol. The molecule has 1 fully saturated rings. The first-order valence-electron chi connectivity index (χ1n) is 9.73. The molecule has 0 bridgehead atoms. The molecule has 29 heavy (non-hydrogen) atoms. The maximum atomic E-state index is 11.4. The van der Waals surface area contributed by atoms with E-state index >= 15 is 0 Å². The summed E-state index contributed by atoms with van der Waals surface area (Å²) in [5.41, 5.74) is 0. The first-order valence-corrected chi connectivity index (χ1v) is 11.9. The number of allylic oxidation sites excluding steroid dienone is 2. The van der Waals surface area contributed by atoms with Gasteiger partial charge in [-0.1, -0.05) is 48.0 Å². The number of thioether (sulfide) groups is 1. The lowest BCUT2D eigenvalue weighted by Gasteiger charge is -2.22. The third-order valence-electron chi connectivity index (χ3n) is 4.94. The number of hydrogen-bond donors (Lipinski definition) is 1. The van der Waals surface area contributed by atoms with Crippen molar-refractivity contribution >= 4 is 52.5 Å². The Kier molecular flexibility index (Phi) is 11.0. The van der Waals surface area contributed by atoms with Crippen LogP contribution in [0.3, 0.4) is 0 Å². The van der Waals surface area contributed by atoms with E-state index in [0.717, 1.165) is 29.9 Å². The van der Waals surface area contributed by atoms with Gasteiger partial charge in [0, 0.05) is 32.5 Å². The van der Waals surface area contributed by atoms with E-state index in [1.807, 2.05) is 12.1 Å². The average molecular weight is 478 g/mol. The first-order chi connectivity index (χ1) is 13.9. The largest absolute Gasteiger partial charge is 0.461 e. The molecule has 160 valence electrons. The number of ether oxygens (including phenoxy) is 1. The van der Waals surface area contributed by atoms with Gasteiger partial charge in [-0.15, -0.1) is 23.4 Å². The van der Waals surface area contributed by atoms with E-state index < -0.39 is 6.10 Å². The summed E-state index contributed by atoms with van der Waals surface area (Å²) in [5.74, 6) is 0.881. The van der Waals surface area contributed by atoms with Gasteiger partial charge < -0.3 is 9.84 Å². The smallest absolute Gasteiger partial charge is 0.306 e. The van der Waals surface area contributed by atoms with Crippen molar-refractivity contribution in [1.82, 2.24) is 0 Å². The zero-order chi connectivity index (χ0) is 21.2. The predicted octanol–water partition coefficient (Wildman–Crippen LogP) is 6.54. The monoisotopic (exact) mass is 476 g/mol. The minimum Gasteiger partial charge on any atom is -0.461 e. The van der Waals surface area contributed by atoms with Crippen LogP contribution >= 0.6 is 46.6 Å². The molecule has 1 aromatic carbocycles. The van der Waals surface area contributed by atoms with Crippen LogP contribution in [0.25, 0.3) is 0 Å². The number of unbranched alkanes of at least 4 members (excludes halogenated alkanes) is 1. The lowest BCUT2D eigenvalue weighted by Crippen LogP contribution is -2.22. The predicted molar refractivity (Wildman–Crippen MR) is 123 cm³/mol. The van der Waals surface area contributed by atoms with E-state index in [9.17, 15) is 9.90 Å². The molecule has 0 aliphatic heterocycles. The minimum absolute atomic E-state index is 0.0444. The summed E-state index contributed by atoms with van der Waals surface area (Å²) in [6.07, 6.45) is 8.73. The van der Waals surface area contributed by atoms with Crippen LogP contribution in [0.4, 0.5) is 0 Å². The molecule has 1 saturated carbocycles. The van der Waals surface area contributed by atoms with Gasteiger partial charge in [-0.2, -0.15) is 0 Å². The summed E-state index contributed by atoms with van der Waals surface area (Å²) in [6.45, 7) is 3.78. The molecule has 4 atom stereocenters. The fourth-order valence-electron chi connectivity index (χ4n) is 3.45. The second-order valence-corrected chi connectivity index (χ2v) is 9.66. The highest BCUT2D eigenvalue weighted by molar-refractivity contribution is 7.99. The van der Waals surface area contributed by atoms with Gasteiger partial charge >= 0.3 is 5.97 Å². The number of aliphatic hydroxyl groups excluding tert-OH is 1. The maximum Gasteiger partial charge on any atom is 0.306 e. The molecule has 0 heterocycles. The number of halogens is 3. The van der Waals surface area contributed by atoms with Crippen molar-refractivity contribution in [2.45, 2.75) is 48.5 Å². The van der Waals surface area contributed by atoms with Gasteiger partial charge in [0.05, 0.1) is 6.10 Å². The summed E-state index contributed by atoms with van der Waals surface area (Å²) in [6, 6.07) is 5.47. The lowest BCUT2D eigenvalue weighted by molar-refractivity contribution is -0.142. The number of carbonyl (C=O) groups is 1. The van der Waals surface area contributed by atoms with Crippen molar-refractivity contribution in [3.8, 4) is 0 Å². The normalized spacial score (nSPS) is 24.1. The maximum absolute atomic E-state index is 11.4. The molecule has 3 nitrogen and oxygen atoms in total. The fourth-order valence-corrected chi connectivity index (χ4v) is 5.86. The van der Waals surface area contributed by atoms with E-state index in [-0.39, 0.29) is 29.8 Å². The Bertz CT molecular complexity index is 690. The van der Waals surface area contributed by atoms with Crippen molar-refractivity contribution in [2.75, 3.05) is 12.4 Å². The Morgan fingerprint density at radius 1 is 1.24 bits per heavy atom. The van der Waals surface area contributed by atoms with Gasteiger partial charge in [0.15, 0.2) is 0 Å². The van der Waals surface area contributed by atoms with Crippen molar-refractivity contribution < 1.29 is 14.6 Å². The molecule has 0 radical (unpaired) electrons. The second kappa shape index (κ2) is 12.9. The quantitative estimate of drug-likeness (QED) is 0.129. The topological polar surface area (TPSA) is 46.5 Å². The fraction of sp³-hybridized carbons (Fsp3) is 0.500. The van der Waals surface area contributed by atoms with E-state index in [1.54, 1.807) is 23.9 Å². The van der Waals surface area contributed by atoms with Gasteiger partial charge in [0.25, 0.3) is 0 Å². The zero-order valence-corrected chi connectivity index (χ0v) is 19.3. The standard InChI is InChI=1S/C22H27Cl3O3S/c1-2-9-28-22(27)8-6-4-3-5-7-18-19(21(26)13-20(18)25)14-29-17-11-15(23)10-16(24)12-17/h2-3,5,10-12,18-21,26H,1,4,6-9,13-14H2/b5-3-/t18-,19-,20-,21-/m1/s1. The van der Waals surface area contributed by atoms with Gasteiger partial charge in [0.2, 0.25) is 0 Å². The van der Waals surface area contributed by atoms with Gasteiger partial charge in [-0.25, -0.2) is 0 Å². The van der Waals surface area contributed by atoms with Crippen LogP contribution in [0, 0.1) is 11.8 Å². The van der Waals surface area contributed by atoms with Crippen LogP contribution in [0.5, 0.6) is 0 Å². The van der Waals surface area contributed by atoms with Gasteiger partial charge in [-0.05, 0) is 55.7 Å². The highest BCUT2D eigenvalue weighted by Crippen LogP contribution is 2.41. The molecule has 0 aromatic heterocycles. The van der Waals surface area contributed by atoms with Crippen LogP contribution in [-0.2, 0) is 9.53 Å². The third-order valence-corrected chi connectivity index (χ3v) is 7.00. The number of carbonyl (C=O) groups excluding carboxylic acids is 1. The zero-order valence-electron chi connectivity index (χ0n) is 16.2. The number of alkyl halides is 1. The Balaban J connectivity index is 1.79. The molecule has 0 spiro atoms. The summed E-state index contributed by atoms with van der Waals surface area (Å²) in [5, 5.41) is 11.6. The summed E-state index contributed by atoms with van der Waals surface area (Å²) < 4.78 is 4.95. The molecule has 1 N–H and O–H groups in total. The Morgan fingerprint density at radius 2 is 1.97 bits per heavy atom. The Hall–Kier alpha value is -0.650. The Labute approximate surface area is 192 Å². The summed E-state index contributed by atoms with van der Waals surface area (Å²) in [7, 11) is 0. The van der Waals surface area contributed by atoms with E-state index in [1.165, 1.54) is 0 Å². The first kappa shape index (κ1) is 24.6. The molecule has 2 rings (SSSR count). The highest BCUT2D eigenvalue weighted by atomic mass is 35.5. The molecule has 1 aromatic rings. The molecule has 0 amide bonds. The molecular formula is C22H27Cl3O3S. The van der Waals surface area contributed by atoms with Crippen molar-refractivity contribution in [2.24, 2.45) is 11.8 Å². The van der Waals surface area contributed by atoms with Crippen LogP contribution in [0.2, 0.25) is 10.0 Å². The lowest BCUT2D eigenvalue weighted by atomic mass is 9.93. The van der Waals surface area contributed by atoms with Crippen molar-refractivity contribution in [3.05, 3.63) is 53.1 Å². The number of aliphatic hydroxyl groups is 1. The number of rotatable bonds is 11. The van der Waals surface area contributed by atoms with Crippen LogP contribution in [0.1, 0.15) is 32.1 Å². The Morgan fingerprint density at radius 3 is 2.66 bits per heavy atom. The minimum atomic E-state index is -0.405. The molecule has 1 aliphatic rings. The summed E-state index contributed by atoms with van der Waals surface area (Å²) in [4.78, 5) is 12.4. The van der Waals surface area contributed by atoms with Crippen LogP contribution in [0.15, 0.2) is 47.9 Å². The SMILES string of the molecule is C=CCOC(=O)CCC/C=C\C[C@@H]1[C@@H](CSc2cc(Cl)cc(Cl)c2)[C@H](O)C[C@H]1Cl. The van der Waals surface area contributed by atoms with Crippen molar-refractivity contribution in [1.29, 1.82) is 0 Å². The van der Waals surface area contributed by atoms with E-state index in [2.05, 4.69) is 18.7 Å². The van der Waals surface area contributed by atoms with E-state index in [0.29, 0.717) is 22.9 Å². The van der Waals surface area contributed by atoms with Crippen molar-refractivity contribution in [3.63, 3.8) is 0 Å². The molecule has 7 heteroatoms. The highest BCUT2D eigenvalue weighted by Gasteiger charge is 2.40. The van der Waals surface area contributed by atoms with Gasteiger partial charge in [-0.3, -0.25) is 4.79 Å². The number of benzene rings is 1. The average Bonchev–Trinajstić information content (AvgIpc) is 2.93. The molecule has 0 saturated heterocycles.